The van der Waals surface area contributed by atoms with E-state index < -0.39 is 8.80 Å². The van der Waals surface area contributed by atoms with Crippen LogP contribution in [0.1, 0.15) is 13.8 Å². The first-order chi connectivity index (χ1) is 5.74. The summed E-state index contributed by atoms with van der Waals surface area (Å²) in [4.78, 5) is 0. The maximum atomic E-state index is 3.79. The molecule has 0 saturated heterocycles. The molecule has 0 N–H and O–H groups in total. The van der Waals surface area contributed by atoms with Gasteiger partial charge in [0.2, 0.25) is 0 Å². The Morgan fingerprint density at radius 3 is 2.33 bits per heavy atom. The summed E-state index contributed by atoms with van der Waals surface area (Å²) in [6.45, 7) is 11.9. The van der Waals surface area contributed by atoms with E-state index in [9.17, 15) is 0 Å². The van der Waals surface area contributed by atoms with Gasteiger partial charge in [-0.05, 0) is 13.8 Å². The van der Waals surface area contributed by atoms with Gasteiger partial charge in [0.05, 0.1) is 9.52 Å². The lowest BCUT2D eigenvalue weighted by Gasteiger charge is -1.95. The van der Waals surface area contributed by atoms with E-state index in [-0.39, 0.29) is 9.52 Å². The van der Waals surface area contributed by atoms with Crippen molar-refractivity contribution in [3.05, 3.63) is 47.2 Å². The third-order valence-corrected chi connectivity index (χ3v) is 5.74. The number of allylic oxidation sites excluding steroid dienone is 2. The lowest BCUT2D eigenvalue weighted by Crippen LogP contribution is -2.01. The van der Waals surface area contributed by atoms with Gasteiger partial charge in [0.15, 0.2) is 0 Å². The second kappa shape index (κ2) is 7.07. The molecule has 0 unspecified atom stereocenters. The summed E-state index contributed by atoms with van der Waals surface area (Å²) in [6.07, 6.45) is 2.20. The Morgan fingerprint density at radius 2 is 1.92 bits per heavy atom. The van der Waals surface area contributed by atoms with Crippen LogP contribution < -0.4 is 0 Å². The average molecular weight is 194 g/mol. The van der Waals surface area contributed by atoms with Crippen LogP contribution in [0.25, 0.3) is 0 Å². The summed E-state index contributed by atoms with van der Waals surface area (Å²) in [5.41, 5.74) is 8.76. The van der Waals surface area contributed by atoms with Gasteiger partial charge in [-0.25, -0.2) is 0 Å². The smallest absolute Gasteiger partial charge is 0.107 e. The standard InChI is InChI=1S/C10H18Si2/c1-5-10(4)11-8-9-12(6-2)7-3/h5-9,12H,2-3,11H2,1,4H3. The second-order valence-electron chi connectivity index (χ2n) is 2.82. The van der Waals surface area contributed by atoms with Gasteiger partial charge in [0.1, 0.15) is 8.80 Å². The van der Waals surface area contributed by atoms with Crippen LogP contribution in [0.15, 0.2) is 47.2 Å². The lowest BCUT2D eigenvalue weighted by molar-refractivity contribution is 1.58. The van der Waals surface area contributed by atoms with E-state index in [0.29, 0.717) is 0 Å². The molecule has 0 bridgehead atoms. The molecule has 0 aromatic carbocycles. The molecule has 0 atom stereocenters. The highest BCUT2D eigenvalue weighted by Crippen LogP contribution is 1.92. The largest absolute Gasteiger partial charge is 0.107 e. The lowest BCUT2D eigenvalue weighted by atomic mass is 10.6. The maximum absolute atomic E-state index is 3.79. The van der Waals surface area contributed by atoms with Crippen molar-refractivity contribution in [3.8, 4) is 0 Å². The van der Waals surface area contributed by atoms with E-state index in [1.54, 1.807) is 5.20 Å². The highest BCUT2D eigenvalue weighted by atomic mass is 28.3. The highest BCUT2D eigenvalue weighted by molar-refractivity contribution is 6.75. The van der Waals surface area contributed by atoms with Gasteiger partial charge in [-0.2, -0.15) is 0 Å². The first kappa shape index (κ1) is 11.4. The Bertz CT molecular complexity index is 194. The Labute approximate surface area is 79.8 Å². The molecule has 0 aromatic heterocycles. The molecule has 0 fully saturated rings. The van der Waals surface area contributed by atoms with Crippen molar-refractivity contribution < 1.29 is 0 Å². The van der Waals surface area contributed by atoms with Gasteiger partial charge in [0, 0.05) is 0 Å². The van der Waals surface area contributed by atoms with Gasteiger partial charge in [-0.3, -0.25) is 0 Å². The second-order valence-corrected chi connectivity index (χ2v) is 7.29. The van der Waals surface area contributed by atoms with Crippen molar-refractivity contribution in [2.75, 3.05) is 0 Å². The molecule has 0 aromatic rings. The van der Waals surface area contributed by atoms with Gasteiger partial charge in [-0.15, -0.1) is 18.9 Å². The monoisotopic (exact) mass is 194 g/mol. The van der Waals surface area contributed by atoms with Crippen LogP contribution in [0, 0.1) is 0 Å². The van der Waals surface area contributed by atoms with Gasteiger partial charge >= 0.3 is 0 Å². The fourth-order valence-electron chi connectivity index (χ4n) is 0.782. The molecule has 0 aliphatic heterocycles. The van der Waals surface area contributed by atoms with Crippen LogP contribution in [0.5, 0.6) is 0 Å². The zero-order chi connectivity index (χ0) is 9.40. The topological polar surface area (TPSA) is 0 Å². The van der Waals surface area contributed by atoms with Crippen LogP contribution in [0.3, 0.4) is 0 Å². The predicted octanol–water partition coefficient (Wildman–Crippen LogP) is 1.81. The van der Waals surface area contributed by atoms with Crippen molar-refractivity contribution in [3.63, 3.8) is 0 Å². The van der Waals surface area contributed by atoms with Crippen LogP contribution in [-0.2, 0) is 0 Å². The SMILES string of the molecule is C=C[SiH](C=C)C=C[SiH2]C(C)=CC. The van der Waals surface area contributed by atoms with E-state index in [4.69, 9.17) is 0 Å². The number of hydrogen-bond donors (Lipinski definition) is 0. The van der Waals surface area contributed by atoms with Crippen molar-refractivity contribution >= 4 is 18.3 Å². The number of rotatable bonds is 5. The minimum absolute atomic E-state index is 0.106. The van der Waals surface area contributed by atoms with Crippen molar-refractivity contribution in [2.45, 2.75) is 13.8 Å². The quantitative estimate of drug-likeness (QED) is 0.586. The Kier molecular flexibility index (Phi) is 6.71. The van der Waals surface area contributed by atoms with Gasteiger partial charge < -0.3 is 0 Å². The summed E-state index contributed by atoms with van der Waals surface area (Å²) in [5.74, 6) is 0. The molecule has 0 aliphatic rings. The first-order valence-electron chi connectivity index (χ1n) is 4.28. The fourth-order valence-corrected chi connectivity index (χ4v) is 3.70. The molecular weight excluding hydrogens is 176 g/mol. The molecule has 0 rings (SSSR count). The van der Waals surface area contributed by atoms with Crippen molar-refractivity contribution in [1.29, 1.82) is 0 Å². The summed E-state index contributed by atoms with van der Waals surface area (Å²) < 4.78 is 0. The Balaban J connectivity index is 3.89. The van der Waals surface area contributed by atoms with Crippen molar-refractivity contribution in [2.24, 2.45) is 0 Å². The molecule has 66 valence electrons. The fraction of sp³-hybridized carbons (Fsp3) is 0.200. The molecule has 0 nitrogen and oxygen atoms in total. The molecule has 0 heterocycles. The molecule has 0 aliphatic carbocycles. The van der Waals surface area contributed by atoms with Gasteiger partial charge in [0.25, 0.3) is 0 Å². The predicted molar refractivity (Wildman–Crippen MR) is 64.7 cm³/mol. The first-order valence-corrected chi connectivity index (χ1v) is 7.80. The third kappa shape index (κ3) is 5.10. The van der Waals surface area contributed by atoms with Crippen LogP contribution in [-0.4, -0.2) is 18.3 Å². The molecule has 0 saturated carbocycles. The van der Waals surface area contributed by atoms with E-state index in [0.717, 1.165) is 0 Å². The summed E-state index contributed by atoms with van der Waals surface area (Å²) in [5, 5.41) is 1.55. The zero-order valence-corrected chi connectivity index (χ0v) is 10.7. The third-order valence-electron chi connectivity index (χ3n) is 1.84. The van der Waals surface area contributed by atoms with E-state index in [2.05, 4.69) is 44.5 Å². The molecular formula is C10H18Si2. The Morgan fingerprint density at radius 1 is 1.33 bits per heavy atom. The van der Waals surface area contributed by atoms with Crippen molar-refractivity contribution in [1.82, 2.24) is 0 Å². The minimum atomic E-state index is -0.907. The normalized spacial score (nSPS) is 13.4. The molecule has 2 heteroatoms. The summed E-state index contributed by atoms with van der Waals surface area (Å²) in [6, 6.07) is 0. The summed E-state index contributed by atoms with van der Waals surface area (Å²) in [7, 11) is -1.01. The molecule has 0 radical (unpaired) electrons. The van der Waals surface area contributed by atoms with Crippen LogP contribution in [0.4, 0.5) is 0 Å². The Hall–Kier alpha value is -0.606. The molecule has 0 spiro atoms. The molecule has 12 heavy (non-hydrogen) atoms. The average Bonchev–Trinajstić information content (AvgIpc) is 2.12. The number of hydrogen-bond acceptors (Lipinski definition) is 0. The van der Waals surface area contributed by atoms with E-state index in [1.165, 1.54) is 0 Å². The van der Waals surface area contributed by atoms with Crippen LogP contribution >= 0.6 is 0 Å². The minimum Gasteiger partial charge on any atom is -0.107 e. The molecule has 0 amide bonds. The highest BCUT2D eigenvalue weighted by Gasteiger charge is 1.92. The zero-order valence-electron chi connectivity index (χ0n) is 8.09. The van der Waals surface area contributed by atoms with Crippen LogP contribution in [0.2, 0.25) is 0 Å². The van der Waals surface area contributed by atoms with Gasteiger partial charge in [-0.1, -0.05) is 28.4 Å². The van der Waals surface area contributed by atoms with E-state index in [1.807, 2.05) is 11.4 Å². The van der Waals surface area contributed by atoms with E-state index >= 15 is 0 Å². The maximum Gasteiger partial charge on any atom is 0.107 e. The summed E-state index contributed by atoms with van der Waals surface area (Å²) >= 11 is 0.